The average Bonchev–Trinajstić information content (AvgIpc) is 3.38. The summed E-state index contributed by atoms with van der Waals surface area (Å²) in [6.07, 6.45) is 6.08. The quantitative estimate of drug-likeness (QED) is 0.0871. The lowest BCUT2D eigenvalue weighted by atomic mass is 10.0. The molecule has 0 amide bonds. The van der Waals surface area contributed by atoms with E-state index in [1.807, 2.05) is 0 Å². The molecule has 2 aromatic carbocycles. The molecule has 0 aromatic heterocycles. The van der Waals surface area contributed by atoms with Crippen molar-refractivity contribution < 1.29 is 61.0 Å². The van der Waals surface area contributed by atoms with Crippen molar-refractivity contribution in [2.24, 2.45) is 4.99 Å². The third-order valence-electron chi connectivity index (χ3n) is 6.02. The number of quaternary nitrogens is 1. The van der Waals surface area contributed by atoms with Crippen molar-refractivity contribution in [2.75, 3.05) is 24.5 Å². The second kappa shape index (κ2) is 12.7. The minimum absolute atomic E-state index is 0. The molecule has 0 bridgehead atoms. The first-order valence-corrected chi connectivity index (χ1v) is 14.5. The Morgan fingerprint density at radius 1 is 0.933 bits per heavy atom. The fraction of sp³-hybridized carbons (Fsp3) is 0.136. The molecule has 240 valence electrons. The van der Waals surface area contributed by atoms with Gasteiger partial charge in [0, 0.05) is 6.07 Å². The van der Waals surface area contributed by atoms with E-state index in [4.69, 9.17) is 9.47 Å². The maximum Gasteiger partial charge on any atom is 0.342 e. The van der Waals surface area contributed by atoms with E-state index in [1.165, 1.54) is 12.2 Å². The largest absolute Gasteiger partial charge is 0.870 e. The Labute approximate surface area is 252 Å². The van der Waals surface area contributed by atoms with E-state index in [-0.39, 0.29) is 39.9 Å². The number of nitro groups is 2. The lowest BCUT2D eigenvalue weighted by molar-refractivity contribution is -0.545. The lowest BCUT2D eigenvalue weighted by Gasteiger charge is -2.27. The fourth-order valence-corrected chi connectivity index (χ4v) is 5.43. The van der Waals surface area contributed by atoms with Gasteiger partial charge < -0.3 is 14.9 Å². The van der Waals surface area contributed by atoms with Crippen LogP contribution in [0.15, 0.2) is 68.9 Å². The number of benzene rings is 2. The SMILES string of the molecule is COc1cc([N+](=O)[O-])c(S(=O)(=O)O)cc1N1NC(=NC2C=CC=CC2=C=O)[NH2+]N1c1cc(S(=O)(=O)O)c([N+](=O)[O-])cc1OC.[OH-]. The Morgan fingerprint density at radius 2 is 1.44 bits per heavy atom. The molecule has 1 aliphatic heterocycles. The van der Waals surface area contributed by atoms with Crippen molar-refractivity contribution in [1.82, 2.24) is 5.43 Å². The number of methoxy groups -OCH3 is 2. The van der Waals surface area contributed by atoms with Gasteiger partial charge in [-0.15, -0.1) is 5.12 Å². The second-order valence-electron chi connectivity index (χ2n) is 8.61. The molecule has 2 aromatic rings. The summed E-state index contributed by atoms with van der Waals surface area (Å²) in [7, 11) is -8.28. The van der Waals surface area contributed by atoms with Crippen LogP contribution in [0.2, 0.25) is 0 Å². The Hall–Kier alpha value is -5.42. The number of guanidine groups is 1. The molecule has 1 saturated heterocycles. The second-order valence-corrected chi connectivity index (χ2v) is 11.4. The van der Waals surface area contributed by atoms with E-state index < -0.39 is 57.3 Å². The minimum Gasteiger partial charge on any atom is -0.870 e. The number of hydrogen-bond donors (Lipinski definition) is 4. The van der Waals surface area contributed by atoms with Crippen LogP contribution < -0.4 is 30.6 Å². The molecule has 1 fully saturated rings. The summed E-state index contributed by atoms with van der Waals surface area (Å²) in [5, 5.41) is 25.1. The molecular formula is C22H21N7O14S2. The van der Waals surface area contributed by atoms with E-state index in [0.29, 0.717) is 24.3 Å². The Kier molecular flexibility index (Phi) is 9.59. The van der Waals surface area contributed by atoms with Crippen LogP contribution in [0.3, 0.4) is 0 Å². The molecule has 0 spiro atoms. The van der Waals surface area contributed by atoms with Crippen LogP contribution in [0.4, 0.5) is 22.7 Å². The van der Waals surface area contributed by atoms with Crippen LogP contribution in [0.1, 0.15) is 0 Å². The van der Waals surface area contributed by atoms with Crippen LogP contribution in [0.5, 0.6) is 11.5 Å². The molecule has 1 aliphatic carbocycles. The maximum absolute atomic E-state index is 12.1. The van der Waals surface area contributed by atoms with Gasteiger partial charge in [0.25, 0.3) is 11.4 Å². The first-order chi connectivity index (χ1) is 20.6. The van der Waals surface area contributed by atoms with Gasteiger partial charge in [0.2, 0.25) is 0 Å². The van der Waals surface area contributed by atoms with Gasteiger partial charge in [-0.1, -0.05) is 23.3 Å². The van der Waals surface area contributed by atoms with Crippen molar-refractivity contribution >= 4 is 54.9 Å². The number of hydrogen-bond acceptors (Lipinski definition) is 15. The number of carbonyl (C=O) groups excluding carboxylic acids is 1. The Balaban J connectivity index is 0.00000552. The van der Waals surface area contributed by atoms with E-state index in [1.54, 1.807) is 18.1 Å². The number of nitrogens with zero attached hydrogens (tertiary/aromatic N) is 5. The standard InChI is InChI=1S/C22H19N7O13S2.H2O/c1-41-18-7-16(28(31)32)20(43(35,36)37)9-14(18)26-24-22(23-13-6-4-3-5-12(13)11-30)25-27(26)15-10-21(44(38,39)40)17(29(33)34)8-19(15)42-2;/h3-10,13H,1-2H3,(H2,23,24,25)(H,35,36,37)(H,38,39,40);1H2. The zero-order valence-corrected chi connectivity index (χ0v) is 24.3. The number of rotatable bonds is 9. The summed E-state index contributed by atoms with van der Waals surface area (Å²) < 4.78 is 78.5. The third kappa shape index (κ3) is 6.73. The fourth-order valence-electron chi connectivity index (χ4n) is 4.12. The third-order valence-corrected chi connectivity index (χ3v) is 7.79. The highest BCUT2D eigenvalue weighted by Gasteiger charge is 2.41. The minimum atomic E-state index is -5.22. The summed E-state index contributed by atoms with van der Waals surface area (Å²) in [6.45, 7) is 0. The smallest absolute Gasteiger partial charge is 0.342 e. The average molecular weight is 672 g/mol. The summed E-state index contributed by atoms with van der Waals surface area (Å²) in [5.74, 6) is 0.913. The number of nitrogens with two attached hydrogens (primary N) is 1. The van der Waals surface area contributed by atoms with Gasteiger partial charge >= 0.3 is 26.2 Å². The summed E-state index contributed by atoms with van der Waals surface area (Å²) >= 11 is 0. The van der Waals surface area contributed by atoms with Gasteiger partial charge in [0.05, 0.1) is 41.8 Å². The molecular weight excluding hydrogens is 650 g/mol. The highest BCUT2D eigenvalue weighted by atomic mass is 32.2. The van der Waals surface area contributed by atoms with Gasteiger partial charge in [-0.05, 0) is 12.1 Å². The van der Waals surface area contributed by atoms with Crippen molar-refractivity contribution in [2.45, 2.75) is 15.8 Å². The van der Waals surface area contributed by atoms with E-state index in [2.05, 4.69) is 10.4 Å². The molecule has 45 heavy (non-hydrogen) atoms. The molecule has 21 nitrogen and oxygen atoms in total. The first-order valence-electron chi connectivity index (χ1n) is 11.7. The summed E-state index contributed by atoms with van der Waals surface area (Å²) in [5.41, 5.74) is 1.18. The number of nitro benzene ring substituents is 2. The van der Waals surface area contributed by atoms with Crippen LogP contribution in [0.25, 0.3) is 0 Å². The van der Waals surface area contributed by atoms with E-state index in [9.17, 15) is 51.0 Å². The Bertz CT molecular complexity index is 1820. The molecule has 23 heteroatoms. The lowest BCUT2D eigenvalue weighted by Crippen LogP contribution is -2.95. The maximum atomic E-state index is 12.1. The number of nitrogens with one attached hydrogen (secondary N) is 1. The van der Waals surface area contributed by atoms with E-state index in [0.717, 1.165) is 29.9 Å². The molecule has 1 atom stereocenters. The number of hydrazine groups is 2. The molecule has 2 aliphatic rings. The van der Waals surface area contributed by atoms with Crippen molar-refractivity contribution in [3.8, 4) is 11.5 Å². The number of anilines is 2. The normalized spacial score (nSPS) is 17.0. The zero-order valence-electron chi connectivity index (χ0n) is 22.7. The number of ether oxygens (including phenoxy) is 2. The van der Waals surface area contributed by atoms with Gasteiger partial charge in [0.1, 0.15) is 17.7 Å². The summed E-state index contributed by atoms with van der Waals surface area (Å²) in [6, 6.07) is 1.80. The van der Waals surface area contributed by atoms with E-state index >= 15 is 0 Å². The van der Waals surface area contributed by atoms with Gasteiger partial charge in [-0.3, -0.25) is 29.3 Å². The molecule has 6 N–H and O–H groups in total. The van der Waals surface area contributed by atoms with Crippen molar-refractivity contribution in [3.05, 3.63) is 74.4 Å². The topological polar surface area (TPSA) is 308 Å². The molecule has 4 rings (SSSR count). The molecule has 0 radical (unpaired) electrons. The number of allylic oxidation sites excluding steroid dienone is 2. The predicted octanol–water partition coefficient (Wildman–Crippen LogP) is -0.330. The van der Waals surface area contributed by atoms with Crippen LogP contribution in [-0.4, -0.2) is 73.4 Å². The Morgan fingerprint density at radius 3 is 1.91 bits per heavy atom. The van der Waals surface area contributed by atoms with Crippen LogP contribution in [0, 0.1) is 20.2 Å². The first kappa shape index (κ1) is 34.1. The number of aliphatic imine (C=N–C) groups is 1. The van der Waals surface area contributed by atoms with Crippen molar-refractivity contribution in [1.29, 1.82) is 0 Å². The van der Waals surface area contributed by atoms with Crippen LogP contribution >= 0.6 is 0 Å². The van der Waals surface area contributed by atoms with Gasteiger partial charge in [0.15, 0.2) is 27.0 Å². The van der Waals surface area contributed by atoms with Crippen molar-refractivity contribution in [3.63, 3.8) is 0 Å². The van der Waals surface area contributed by atoms with Gasteiger partial charge in [-0.25, -0.2) is 15.2 Å². The van der Waals surface area contributed by atoms with Crippen LogP contribution in [-0.2, 0) is 25.0 Å². The zero-order chi connectivity index (χ0) is 32.6. The molecule has 1 unspecified atom stereocenters. The highest BCUT2D eigenvalue weighted by molar-refractivity contribution is 7.86. The highest BCUT2D eigenvalue weighted by Crippen LogP contribution is 2.41. The molecule has 0 saturated carbocycles. The predicted molar refractivity (Wildman–Crippen MR) is 150 cm³/mol. The monoisotopic (exact) mass is 671 g/mol. The summed E-state index contributed by atoms with van der Waals surface area (Å²) in [4.78, 5) is 34.5. The molecule has 1 heterocycles. The van der Waals surface area contributed by atoms with Gasteiger partial charge in [-0.2, -0.15) is 22.3 Å².